The van der Waals surface area contributed by atoms with Crippen molar-refractivity contribution in [2.75, 3.05) is 0 Å². The van der Waals surface area contributed by atoms with Gasteiger partial charge in [0.05, 0.1) is 49.2 Å². The summed E-state index contributed by atoms with van der Waals surface area (Å²) in [6.07, 6.45) is 0. The standard InChI is InChI=1S/C60H48N2Si2/c1-63(2,3)43-29-25-37(26-30-43)41-33-47-45-21-13-15-23-51(45)61-57(47)49(35-41)55-53(39-17-9-7-10-18-39)60-56(54(59(55)61)40-19-11-8-12-20-40)50-36-42(38-27-31-44(32-28-38)64(4,5)6)34-48-46-22-14-16-24-52(46)62(60)58(48)50/h7-36H,1-6H3. The summed E-state index contributed by atoms with van der Waals surface area (Å²) in [5.41, 5.74) is 17.6. The lowest BCUT2D eigenvalue weighted by Crippen LogP contribution is -2.37. The molecule has 0 spiro atoms. The number of para-hydroxylation sites is 2. The van der Waals surface area contributed by atoms with Gasteiger partial charge in [0, 0.05) is 54.2 Å². The first kappa shape index (κ1) is 37.6. The first-order valence-electron chi connectivity index (χ1n) is 22.8. The average Bonchev–Trinajstić information content (AvgIpc) is 4.04. The van der Waals surface area contributed by atoms with Crippen LogP contribution >= 0.6 is 0 Å². The molecule has 0 N–H and O–H groups in total. The molecule has 0 radical (unpaired) electrons. The summed E-state index contributed by atoms with van der Waals surface area (Å²) in [6.45, 7) is 14.6. The fraction of sp³-hybridized carbons (Fsp3) is 0.100. The highest BCUT2D eigenvalue weighted by Crippen LogP contribution is 2.55. The van der Waals surface area contributed by atoms with Crippen LogP contribution in [0.4, 0.5) is 0 Å². The van der Waals surface area contributed by atoms with Gasteiger partial charge >= 0.3 is 0 Å². The van der Waals surface area contributed by atoms with Crippen molar-refractivity contribution >= 4 is 103 Å². The summed E-state index contributed by atoms with van der Waals surface area (Å²) in [5.74, 6) is 0. The van der Waals surface area contributed by atoms with E-state index in [0.29, 0.717) is 0 Å². The molecule has 0 bridgehead atoms. The molecular weight excluding hydrogens is 805 g/mol. The molecule has 4 heterocycles. The van der Waals surface area contributed by atoms with Gasteiger partial charge in [0.25, 0.3) is 0 Å². The van der Waals surface area contributed by atoms with Crippen LogP contribution in [0.2, 0.25) is 39.3 Å². The maximum Gasteiger partial charge on any atom is 0.0775 e. The molecule has 0 aliphatic rings. The van der Waals surface area contributed by atoms with Crippen LogP contribution in [-0.2, 0) is 0 Å². The summed E-state index contributed by atoms with van der Waals surface area (Å²) in [5, 5.41) is 13.3. The van der Waals surface area contributed by atoms with E-state index < -0.39 is 16.1 Å². The molecule has 0 atom stereocenters. The van der Waals surface area contributed by atoms with Crippen molar-refractivity contribution in [3.63, 3.8) is 0 Å². The van der Waals surface area contributed by atoms with Crippen LogP contribution in [-0.4, -0.2) is 24.9 Å². The van der Waals surface area contributed by atoms with E-state index in [1.54, 1.807) is 0 Å². The predicted molar refractivity (Wildman–Crippen MR) is 283 cm³/mol. The molecule has 0 fully saturated rings. The van der Waals surface area contributed by atoms with E-state index in [9.17, 15) is 0 Å². The average molecular weight is 853 g/mol. The first-order chi connectivity index (χ1) is 31.0. The lowest BCUT2D eigenvalue weighted by molar-refractivity contribution is 1.36. The number of nitrogens with zero attached hydrogens (tertiary/aromatic N) is 2. The second-order valence-corrected chi connectivity index (χ2v) is 30.3. The zero-order valence-electron chi connectivity index (χ0n) is 37.2. The first-order valence-corrected chi connectivity index (χ1v) is 29.8. The van der Waals surface area contributed by atoms with Crippen molar-refractivity contribution in [3.05, 3.63) is 182 Å². The largest absolute Gasteiger partial charge is 0.307 e. The third-order valence-corrected chi connectivity index (χ3v) is 18.4. The van der Waals surface area contributed by atoms with Gasteiger partial charge < -0.3 is 8.80 Å². The highest BCUT2D eigenvalue weighted by atomic mass is 28.3. The smallest absolute Gasteiger partial charge is 0.0775 e. The number of hydrogen-bond donors (Lipinski definition) is 0. The Balaban J connectivity index is 1.29. The van der Waals surface area contributed by atoms with E-state index in [-0.39, 0.29) is 0 Å². The maximum absolute atomic E-state index is 2.63. The minimum Gasteiger partial charge on any atom is -0.307 e. The molecule has 306 valence electrons. The zero-order valence-corrected chi connectivity index (χ0v) is 39.2. The van der Waals surface area contributed by atoms with Gasteiger partial charge in [0.2, 0.25) is 0 Å². The lowest BCUT2D eigenvalue weighted by atomic mass is 9.88. The Bertz CT molecular complexity index is 3710. The van der Waals surface area contributed by atoms with Crippen molar-refractivity contribution in [3.8, 4) is 44.5 Å². The van der Waals surface area contributed by atoms with Gasteiger partial charge in [0.1, 0.15) is 0 Å². The number of fused-ring (bicyclic) bond motifs is 12. The number of aromatic nitrogens is 2. The highest BCUT2D eigenvalue weighted by Gasteiger charge is 2.31. The van der Waals surface area contributed by atoms with Crippen LogP contribution in [0.5, 0.6) is 0 Å². The van der Waals surface area contributed by atoms with Crippen LogP contribution in [0.1, 0.15) is 0 Å². The summed E-state index contributed by atoms with van der Waals surface area (Å²) < 4.78 is 5.26. The lowest BCUT2D eigenvalue weighted by Gasteiger charge is -2.17. The van der Waals surface area contributed by atoms with Gasteiger partial charge in [-0.15, -0.1) is 0 Å². The molecule has 2 nitrogen and oxygen atoms in total. The van der Waals surface area contributed by atoms with Crippen LogP contribution in [0.25, 0.3) is 121 Å². The van der Waals surface area contributed by atoms with E-state index in [1.165, 1.54) is 131 Å². The van der Waals surface area contributed by atoms with Crippen LogP contribution in [0.15, 0.2) is 182 Å². The summed E-state index contributed by atoms with van der Waals surface area (Å²) >= 11 is 0. The van der Waals surface area contributed by atoms with Crippen molar-refractivity contribution in [2.45, 2.75) is 39.3 Å². The Morgan fingerprint density at radius 1 is 0.281 bits per heavy atom. The number of hydrogen-bond acceptors (Lipinski definition) is 0. The molecule has 4 heteroatoms. The molecule has 0 amide bonds. The van der Waals surface area contributed by atoms with Crippen LogP contribution in [0, 0.1) is 0 Å². The molecule has 13 rings (SSSR count). The summed E-state index contributed by atoms with van der Waals surface area (Å²) in [4.78, 5) is 0. The molecule has 0 unspecified atom stereocenters. The Labute approximate surface area is 375 Å². The maximum atomic E-state index is 2.63. The molecule has 4 aromatic heterocycles. The van der Waals surface area contributed by atoms with E-state index >= 15 is 0 Å². The Morgan fingerprint density at radius 2 is 0.625 bits per heavy atom. The van der Waals surface area contributed by atoms with Gasteiger partial charge in [-0.25, -0.2) is 0 Å². The third-order valence-electron chi connectivity index (χ3n) is 14.3. The molecule has 0 aliphatic heterocycles. The minimum absolute atomic E-state index is 1.23. The van der Waals surface area contributed by atoms with Gasteiger partial charge in [-0.1, -0.05) is 195 Å². The van der Waals surface area contributed by atoms with Crippen molar-refractivity contribution in [2.24, 2.45) is 0 Å². The topological polar surface area (TPSA) is 8.82 Å². The normalized spacial score (nSPS) is 12.8. The van der Waals surface area contributed by atoms with Gasteiger partial charge in [-0.05, 0) is 69.8 Å². The Hall–Kier alpha value is -6.99. The summed E-state index contributed by atoms with van der Waals surface area (Å²) in [6, 6.07) is 69.6. The Morgan fingerprint density at radius 3 is 1.00 bits per heavy atom. The van der Waals surface area contributed by atoms with E-state index in [1.807, 2.05) is 0 Å². The minimum atomic E-state index is -1.47. The molecule has 64 heavy (non-hydrogen) atoms. The molecular formula is C60H48N2Si2. The molecule has 13 aromatic rings. The SMILES string of the molecule is C[Si](C)(C)c1ccc(-c2cc3c4ccccc4n4c5c(-c6ccccc6)c6c7cc(-c8ccc([Si](C)(C)C)cc8)cc8c9ccccc9n(c6c(-c6ccccc6)c5c(c2)c34)c87)cc1. The second-order valence-electron chi connectivity index (χ2n) is 20.1. The molecule has 0 saturated carbocycles. The van der Waals surface area contributed by atoms with E-state index in [0.717, 1.165) is 0 Å². The quantitative estimate of drug-likeness (QED) is 0.147. The zero-order chi connectivity index (χ0) is 43.2. The fourth-order valence-corrected chi connectivity index (χ4v) is 13.5. The molecule has 0 saturated heterocycles. The van der Waals surface area contributed by atoms with Crippen molar-refractivity contribution < 1.29 is 0 Å². The van der Waals surface area contributed by atoms with Crippen LogP contribution in [0.3, 0.4) is 0 Å². The monoisotopic (exact) mass is 852 g/mol. The van der Waals surface area contributed by atoms with E-state index in [4.69, 9.17) is 0 Å². The Kier molecular flexibility index (Phi) is 7.79. The van der Waals surface area contributed by atoms with Crippen molar-refractivity contribution in [1.82, 2.24) is 8.80 Å². The third kappa shape index (κ3) is 5.24. The van der Waals surface area contributed by atoms with E-state index in [2.05, 4.69) is 230 Å². The summed E-state index contributed by atoms with van der Waals surface area (Å²) in [7, 11) is -2.95. The van der Waals surface area contributed by atoms with Crippen molar-refractivity contribution in [1.29, 1.82) is 0 Å². The predicted octanol–water partition coefficient (Wildman–Crippen LogP) is 15.7. The number of rotatable bonds is 6. The molecule has 0 aliphatic carbocycles. The fourth-order valence-electron chi connectivity index (χ4n) is 11.2. The van der Waals surface area contributed by atoms with Gasteiger partial charge in [-0.2, -0.15) is 0 Å². The second kappa shape index (κ2) is 13.3. The van der Waals surface area contributed by atoms with Gasteiger partial charge in [-0.3, -0.25) is 0 Å². The number of benzene rings is 9. The van der Waals surface area contributed by atoms with Crippen LogP contribution < -0.4 is 10.4 Å². The highest BCUT2D eigenvalue weighted by molar-refractivity contribution is 6.89. The molecule has 9 aromatic carbocycles. The van der Waals surface area contributed by atoms with Gasteiger partial charge in [0.15, 0.2) is 0 Å².